The molecule has 0 bridgehead atoms. The number of carbonyl (C=O) groups excluding carboxylic acids is 1. The molecule has 2 aliphatic rings. The molecule has 5 heteroatoms. The second-order valence-corrected chi connectivity index (χ2v) is 7.32. The number of halogens is 1. The van der Waals surface area contributed by atoms with Gasteiger partial charge in [0.15, 0.2) is 0 Å². The van der Waals surface area contributed by atoms with Gasteiger partial charge in [-0.3, -0.25) is 9.69 Å². The van der Waals surface area contributed by atoms with E-state index in [0.717, 1.165) is 36.8 Å². The molecular weight excluding hydrogens is 356 g/mol. The van der Waals surface area contributed by atoms with E-state index in [1.54, 1.807) is 0 Å². The third-order valence-corrected chi connectivity index (χ3v) is 5.49. The molecule has 23 heavy (non-hydrogen) atoms. The van der Waals surface area contributed by atoms with E-state index < -0.39 is 0 Å². The topological polar surface area (TPSA) is 43.8 Å². The first kappa shape index (κ1) is 16.7. The van der Waals surface area contributed by atoms with Gasteiger partial charge in [0, 0.05) is 36.2 Å². The van der Waals surface area contributed by atoms with E-state index in [0.29, 0.717) is 5.56 Å². The van der Waals surface area contributed by atoms with Gasteiger partial charge in [-0.1, -0.05) is 28.1 Å². The van der Waals surface area contributed by atoms with Gasteiger partial charge in [0.25, 0.3) is 5.91 Å². The maximum atomic E-state index is 12.8. The zero-order chi connectivity index (χ0) is 16.4. The smallest absolute Gasteiger partial charge is 0.253 e. The summed E-state index contributed by atoms with van der Waals surface area (Å²) in [4.78, 5) is 16.9. The molecule has 1 aromatic rings. The highest BCUT2D eigenvalue weighted by atomic mass is 79.9. The van der Waals surface area contributed by atoms with E-state index in [1.165, 1.54) is 0 Å². The predicted molar refractivity (Wildman–Crippen MR) is 94.4 cm³/mol. The molecule has 3 atom stereocenters. The summed E-state index contributed by atoms with van der Waals surface area (Å²) in [6.45, 7) is 1.72. The van der Waals surface area contributed by atoms with Gasteiger partial charge in [0.1, 0.15) is 0 Å². The number of carbonyl (C=O) groups is 1. The van der Waals surface area contributed by atoms with Crippen molar-refractivity contribution in [1.29, 1.82) is 0 Å². The van der Waals surface area contributed by atoms with Crippen molar-refractivity contribution in [2.24, 2.45) is 0 Å². The quantitative estimate of drug-likeness (QED) is 0.822. The molecule has 4 nitrogen and oxygen atoms in total. The maximum Gasteiger partial charge on any atom is 0.253 e. The van der Waals surface area contributed by atoms with Crippen molar-refractivity contribution in [2.45, 2.75) is 37.5 Å². The van der Waals surface area contributed by atoms with Crippen LogP contribution in [0.25, 0.3) is 0 Å². The lowest BCUT2D eigenvalue weighted by Crippen LogP contribution is -2.58. The number of rotatable bonds is 3. The minimum atomic E-state index is -0.367. The molecule has 1 aliphatic carbocycles. The van der Waals surface area contributed by atoms with Crippen LogP contribution in [-0.2, 0) is 0 Å². The SMILES string of the molecule is CN(C(=O)c1ccc(Br)cc1)C1CCCC(O)C1N1CC=CC1. The lowest BCUT2D eigenvalue weighted by molar-refractivity contribution is -0.0148. The van der Waals surface area contributed by atoms with Crippen LogP contribution in [0.15, 0.2) is 40.9 Å². The molecule has 1 saturated carbocycles. The van der Waals surface area contributed by atoms with Crippen molar-refractivity contribution in [1.82, 2.24) is 9.80 Å². The molecule has 0 radical (unpaired) electrons. The number of aliphatic hydroxyl groups excluding tert-OH is 1. The van der Waals surface area contributed by atoms with Crippen LogP contribution in [0.1, 0.15) is 29.6 Å². The van der Waals surface area contributed by atoms with Gasteiger partial charge in [-0.15, -0.1) is 0 Å². The highest BCUT2D eigenvalue weighted by molar-refractivity contribution is 9.10. The number of benzene rings is 1. The minimum absolute atomic E-state index is 0.0168. The van der Waals surface area contributed by atoms with Crippen molar-refractivity contribution in [3.05, 3.63) is 46.5 Å². The van der Waals surface area contributed by atoms with E-state index in [9.17, 15) is 9.90 Å². The standard InChI is InChI=1S/C18H23BrN2O2/c1-20(18(23)13-7-9-14(19)10-8-13)15-5-4-6-16(22)17(15)21-11-2-3-12-21/h2-3,7-10,15-17,22H,4-6,11-12H2,1H3. The fourth-order valence-electron chi connectivity index (χ4n) is 3.73. The zero-order valence-electron chi connectivity index (χ0n) is 13.4. The monoisotopic (exact) mass is 378 g/mol. The Hall–Kier alpha value is -1.17. The third-order valence-electron chi connectivity index (χ3n) is 4.97. The van der Waals surface area contributed by atoms with Gasteiger partial charge in [0.2, 0.25) is 0 Å². The van der Waals surface area contributed by atoms with Crippen LogP contribution in [0.3, 0.4) is 0 Å². The van der Waals surface area contributed by atoms with Crippen LogP contribution < -0.4 is 0 Å². The number of aliphatic hydroxyl groups is 1. The first-order chi connectivity index (χ1) is 11.1. The summed E-state index contributed by atoms with van der Waals surface area (Å²) in [5.41, 5.74) is 0.689. The molecule has 1 fully saturated rings. The first-order valence-corrected chi connectivity index (χ1v) is 8.97. The van der Waals surface area contributed by atoms with Crippen LogP contribution in [0, 0.1) is 0 Å². The Morgan fingerprint density at radius 1 is 1.22 bits per heavy atom. The van der Waals surface area contributed by atoms with Crippen molar-refractivity contribution in [2.75, 3.05) is 20.1 Å². The van der Waals surface area contributed by atoms with E-state index in [-0.39, 0.29) is 24.1 Å². The van der Waals surface area contributed by atoms with Gasteiger partial charge in [-0.05, 0) is 43.5 Å². The fraction of sp³-hybridized carbons (Fsp3) is 0.500. The number of likely N-dealkylation sites (N-methyl/N-ethyl adjacent to an activating group) is 1. The summed E-state index contributed by atoms with van der Waals surface area (Å²) in [5, 5.41) is 10.5. The molecule has 3 rings (SSSR count). The molecule has 3 unspecified atom stereocenters. The van der Waals surface area contributed by atoms with Gasteiger partial charge in [-0.25, -0.2) is 0 Å². The second-order valence-electron chi connectivity index (χ2n) is 6.40. The van der Waals surface area contributed by atoms with Crippen molar-refractivity contribution < 1.29 is 9.90 Å². The highest BCUT2D eigenvalue weighted by Gasteiger charge is 2.40. The van der Waals surface area contributed by atoms with Crippen LogP contribution in [-0.4, -0.2) is 59.1 Å². The maximum absolute atomic E-state index is 12.8. The van der Waals surface area contributed by atoms with E-state index in [4.69, 9.17) is 0 Å². The van der Waals surface area contributed by atoms with Crippen molar-refractivity contribution >= 4 is 21.8 Å². The Balaban J connectivity index is 1.79. The van der Waals surface area contributed by atoms with E-state index in [1.807, 2.05) is 36.2 Å². The van der Waals surface area contributed by atoms with Crippen LogP contribution in [0.4, 0.5) is 0 Å². The van der Waals surface area contributed by atoms with Gasteiger partial charge in [-0.2, -0.15) is 0 Å². The Bertz CT molecular complexity index is 579. The fourth-order valence-corrected chi connectivity index (χ4v) is 3.99. The molecule has 1 aromatic carbocycles. The Morgan fingerprint density at radius 2 is 1.87 bits per heavy atom. The van der Waals surface area contributed by atoms with Crippen LogP contribution in [0.2, 0.25) is 0 Å². The van der Waals surface area contributed by atoms with Crippen molar-refractivity contribution in [3.8, 4) is 0 Å². The van der Waals surface area contributed by atoms with Gasteiger partial charge < -0.3 is 10.0 Å². The molecule has 1 heterocycles. The summed E-state index contributed by atoms with van der Waals surface area (Å²) >= 11 is 3.40. The number of amides is 1. The summed E-state index contributed by atoms with van der Waals surface area (Å²) in [6, 6.07) is 7.53. The van der Waals surface area contributed by atoms with Gasteiger partial charge in [0.05, 0.1) is 12.1 Å². The molecular formula is C18H23BrN2O2. The summed E-state index contributed by atoms with van der Waals surface area (Å²) < 4.78 is 0.964. The molecule has 124 valence electrons. The molecule has 1 N–H and O–H groups in total. The molecule has 1 aliphatic heterocycles. The summed E-state index contributed by atoms with van der Waals surface area (Å²) in [5.74, 6) is 0.0220. The highest BCUT2D eigenvalue weighted by Crippen LogP contribution is 2.29. The largest absolute Gasteiger partial charge is 0.391 e. The molecule has 0 spiro atoms. The Labute approximate surface area is 145 Å². The molecule has 1 amide bonds. The third kappa shape index (κ3) is 3.52. The van der Waals surface area contributed by atoms with Crippen LogP contribution in [0.5, 0.6) is 0 Å². The van der Waals surface area contributed by atoms with Gasteiger partial charge >= 0.3 is 0 Å². The average molecular weight is 379 g/mol. The lowest BCUT2D eigenvalue weighted by Gasteiger charge is -2.45. The molecule has 0 aromatic heterocycles. The number of nitrogens with zero attached hydrogens (tertiary/aromatic N) is 2. The average Bonchev–Trinajstić information content (AvgIpc) is 3.08. The summed E-state index contributed by atoms with van der Waals surface area (Å²) in [7, 11) is 1.86. The minimum Gasteiger partial charge on any atom is -0.391 e. The lowest BCUT2D eigenvalue weighted by atomic mass is 9.85. The predicted octanol–water partition coefficient (Wildman–Crippen LogP) is 2.67. The normalized spacial score (nSPS) is 28.0. The van der Waals surface area contributed by atoms with E-state index >= 15 is 0 Å². The zero-order valence-corrected chi connectivity index (χ0v) is 14.9. The van der Waals surface area contributed by atoms with Crippen molar-refractivity contribution in [3.63, 3.8) is 0 Å². The first-order valence-electron chi connectivity index (χ1n) is 8.18. The van der Waals surface area contributed by atoms with E-state index in [2.05, 4.69) is 33.0 Å². The Morgan fingerprint density at radius 3 is 2.52 bits per heavy atom. The second kappa shape index (κ2) is 7.16. The Kier molecular flexibility index (Phi) is 5.19. The number of hydrogen-bond acceptors (Lipinski definition) is 3. The summed E-state index contributed by atoms with van der Waals surface area (Å²) in [6.07, 6.45) is 6.62. The molecule has 0 saturated heterocycles. The van der Waals surface area contributed by atoms with Crippen LogP contribution >= 0.6 is 15.9 Å². The number of hydrogen-bond donors (Lipinski definition) is 1.